The number of ether oxygens (including phenoxy) is 2. The van der Waals surface area contributed by atoms with Crippen LogP contribution in [0.1, 0.15) is 77.9 Å². The number of piperidine rings is 1. The summed E-state index contributed by atoms with van der Waals surface area (Å²) in [5, 5.41) is 8.04. The van der Waals surface area contributed by atoms with E-state index in [9.17, 15) is 19.2 Å². The minimum Gasteiger partial charge on any atom is -0.489 e. The van der Waals surface area contributed by atoms with Crippen molar-refractivity contribution in [3.8, 4) is 18.1 Å². The van der Waals surface area contributed by atoms with Crippen LogP contribution in [-0.4, -0.2) is 105 Å². The minimum atomic E-state index is -0.875. The zero-order chi connectivity index (χ0) is 42.2. The third-order valence-corrected chi connectivity index (χ3v) is 12.6. The van der Waals surface area contributed by atoms with Crippen LogP contribution in [0.5, 0.6) is 5.75 Å². The van der Waals surface area contributed by atoms with Gasteiger partial charge in [0, 0.05) is 91.6 Å². The molecular weight excluding hydrogens is 752 g/mol. The first kappa shape index (κ1) is 41.7. The standard InChI is InChI=1S/C46H55FN6O6/c1-8-35-28(2)23-33(24-29(35)3)59-44-45(4,5)43(46(44,6)7)50-40(55)30-9-11-31(12-10-30)53-21-22-58-34(27-53)26-51-17-19-52(20-18-51)32-13-14-36(37(47)25-32)41(56)48-38-15-16-39(54)49-42(38)57/h1,9-14,23-25,34,38,43-44H,15-22,26-27H2,2-7H3,(H,48,56)(H,50,55)(H,49,54,57)/t34-,38-,43?,44?/m0/s1. The number of nitrogens with zero attached hydrogens (tertiary/aromatic N) is 3. The number of imide groups is 1. The van der Waals surface area contributed by atoms with Gasteiger partial charge in [-0.3, -0.25) is 29.4 Å². The third-order valence-electron chi connectivity index (χ3n) is 12.6. The molecule has 0 spiro atoms. The van der Waals surface area contributed by atoms with Crippen LogP contribution in [-0.2, 0) is 14.3 Å². The maximum atomic E-state index is 15.1. The molecule has 59 heavy (non-hydrogen) atoms. The van der Waals surface area contributed by atoms with E-state index in [-0.39, 0.29) is 59.3 Å². The van der Waals surface area contributed by atoms with Gasteiger partial charge in [-0.15, -0.1) is 6.42 Å². The summed E-state index contributed by atoms with van der Waals surface area (Å²) in [4.78, 5) is 56.5. The van der Waals surface area contributed by atoms with E-state index in [0.29, 0.717) is 30.9 Å². The number of rotatable bonds is 10. The van der Waals surface area contributed by atoms with Crippen molar-refractivity contribution in [2.75, 3.05) is 62.2 Å². The first-order valence-electron chi connectivity index (χ1n) is 20.5. The summed E-state index contributed by atoms with van der Waals surface area (Å²) in [5.74, 6) is 1.11. The Bertz CT molecular complexity index is 2120. The number of carbonyl (C=O) groups is 4. The van der Waals surface area contributed by atoms with Gasteiger partial charge in [0.05, 0.1) is 18.3 Å². The third kappa shape index (κ3) is 8.66. The number of aryl methyl sites for hydroxylation is 2. The van der Waals surface area contributed by atoms with Crippen molar-refractivity contribution in [2.45, 2.75) is 78.7 Å². The molecule has 3 heterocycles. The SMILES string of the molecule is C#Cc1c(C)cc(OC2C(C)(C)C(NC(=O)c3ccc(N4CCO[C@@H](CN5CCN(c6ccc(C(=O)N[C@H]7CCC(=O)NC7=O)c(F)c6)CC5)C4)cc3)C2(C)C)cc1C. The van der Waals surface area contributed by atoms with Crippen LogP contribution < -0.4 is 30.5 Å². The Morgan fingerprint density at radius 1 is 0.898 bits per heavy atom. The molecule has 312 valence electrons. The van der Waals surface area contributed by atoms with Crippen molar-refractivity contribution in [1.82, 2.24) is 20.9 Å². The number of carbonyl (C=O) groups excluding carboxylic acids is 4. The largest absolute Gasteiger partial charge is 0.489 e. The highest BCUT2D eigenvalue weighted by Gasteiger charge is 2.64. The topological polar surface area (TPSA) is 133 Å². The Kier molecular flexibility index (Phi) is 11.8. The Morgan fingerprint density at radius 3 is 2.19 bits per heavy atom. The highest BCUT2D eigenvalue weighted by molar-refractivity contribution is 6.04. The van der Waals surface area contributed by atoms with Crippen molar-refractivity contribution >= 4 is 35.0 Å². The molecule has 4 amide bonds. The second kappa shape index (κ2) is 16.7. The zero-order valence-corrected chi connectivity index (χ0v) is 34.8. The number of piperazine rings is 1. The van der Waals surface area contributed by atoms with E-state index >= 15 is 4.39 Å². The molecule has 3 aromatic rings. The van der Waals surface area contributed by atoms with Gasteiger partial charge in [0.25, 0.3) is 11.8 Å². The smallest absolute Gasteiger partial charge is 0.254 e. The fraction of sp³-hybridized carbons (Fsp3) is 0.478. The Hall–Kier alpha value is -5.45. The van der Waals surface area contributed by atoms with E-state index < -0.39 is 23.7 Å². The highest BCUT2D eigenvalue weighted by Crippen LogP contribution is 2.55. The number of morpholine rings is 1. The van der Waals surface area contributed by atoms with Gasteiger partial charge >= 0.3 is 0 Å². The summed E-state index contributed by atoms with van der Waals surface area (Å²) in [6.07, 6.45) is 5.89. The summed E-state index contributed by atoms with van der Waals surface area (Å²) in [5.41, 5.74) is 4.46. The van der Waals surface area contributed by atoms with Crippen molar-refractivity contribution in [3.63, 3.8) is 0 Å². The van der Waals surface area contributed by atoms with Crippen molar-refractivity contribution < 1.29 is 33.0 Å². The van der Waals surface area contributed by atoms with Gasteiger partial charge in [-0.1, -0.05) is 33.6 Å². The molecule has 4 fully saturated rings. The molecule has 3 N–H and O–H groups in total. The predicted molar refractivity (Wildman–Crippen MR) is 224 cm³/mol. The molecule has 2 atom stereocenters. The van der Waals surface area contributed by atoms with Gasteiger partial charge < -0.3 is 29.9 Å². The first-order valence-corrected chi connectivity index (χ1v) is 20.5. The molecule has 0 bridgehead atoms. The fourth-order valence-electron chi connectivity index (χ4n) is 9.69. The van der Waals surface area contributed by atoms with E-state index in [4.69, 9.17) is 15.9 Å². The van der Waals surface area contributed by atoms with Crippen molar-refractivity contribution in [3.05, 3.63) is 88.2 Å². The van der Waals surface area contributed by atoms with Gasteiger partial charge in [0.1, 0.15) is 23.7 Å². The summed E-state index contributed by atoms with van der Waals surface area (Å²) >= 11 is 0. The maximum absolute atomic E-state index is 15.1. The van der Waals surface area contributed by atoms with Crippen molar-refractivity contribution in [1.29, 1.82) is 0 Å². The van der Waals surface area contributed by atoms with E-state index in [0.717, 1.165) is 60.9 Å². The van der Waals surface area contributed by atoms with Crippen LogP contribution in [0.3, 0.4) is 0 Å². The minimum absolute atomic E-state index is 0.000722. The molecule has 3 aliphatic heterocycles. The monoisotopic (exact) mass is 806 g/mol. The van der Waals surface area contributed by atoms with E-state index in [1.807, 2.05) is 50.2 Å². The van der Waals surface area contributed by atoms with Gasteiger partial charge in [0.2, 0.25) is 11.8 Å². The molecule has 4 aliphatic rings. The number of terminal acetylenes is 1. The Morgan fingerprint density at radius 2 is 1.56 bits per heavy atom. The number of benzene rings is 3. The molecule has 0 aromatic heterocycles. The lowest BCUT2D eigenvalue weighted by Crippen LogP contribution is -2.74. The van der Waals surface area contributed by atoms with Gasteiger partial charge in [-0.2, -0.15) is 0 Å². The number of nitrogens with one attached hydrogen (secondary N) is 3. The lowest BCUT2D eigenvalue weighted by molar-refractivity contribution is -0.164. The quantitative estimate of drug-likeness (QED) is 0.199. The van der Waals surface area contributed by atoms with Crippen LogP contribution in [0, 0.1) is 42.8 Å². The first-order chi connectivity index (χ1) is 28.0. The highest BCUT2D eigenvalue weighted by atomic mass is 19.1. The average molecular weight is 807 g/mol. The van der Waals surface area contributed by atoms with Gasteiger partial charge in [-0.05, 0) is 86.0 Å². The molecule has 12 nitrogen and oxygen atoms in total. The Labute approximate surface area is 346 Å². The average Bonchev–Trinajstić information content (AvgIpc) is 3.20. The van der Waals surface area contributed by atoms with Crippen LogP contribution in [0.4, 0.5) is 15.8 Å². The van der Waals surface area contributed by atoms with Crippen LogP contribution >= 0.6 is 0 Å². The lowest BCUT2D eigenvalue weighted by atomic mass is 9.49. The molecule has 1 aliphatic carbocycles. The zero-order valence-electron chi connectivity index (χ0n) is 34.8. The summed E-state index contributed by atoms with van der Waals surface area (Å²) in [6.45, 7) is 18.3. The summed E-state index contributed by atoms with van der Waals surface area (Å²) < 4.78 is 27.9. The molecule has 3 aromatic carbocycles. The van der Waals surface area contributed by atoms with Crippen LogP contribution in [0.25, 0.3) is 0 Å². The van der Waals surface area contributed by atoms with Crippen LogP contribution in [0.15, 0.2) is 54.6 Å². The van der Waals surface area contributed by atoms with Crippen LogP contribution in [0.2, 0.25) is 0 Å². The molecule has 3 saturated heterocycles. The van der Waals surface area contributed by atoms with Crippen molar-refractivity contribution in [2.24, 2.45) is 10.8 Å². The maximum Gasteiger partial charge on any atom is 0.254 e. The number of halogens is 1. The summed E-state index contributed by atoms with van der Waals surface area (Å²) in [7, 11) is 0. The summed E-state index contributed by atoms with van der Waals surface area (Å²) in [6, 6.07) is 15.3. The number of hydrogen-bond acceptors (Lipinski definition) is 9. The van der Waals surface area contributed by atoms with Gasteiger partial charge in [-0.25, -0.2) is 4.39 Å². The molecule has 0 unspecified atom stereocenters. The fourth-order valence-corrected chi connectivity index (χ4v) is 9.69. The second-order valence-electron chi connectivity index (χ2n) is 17.5. The molecule has 13 heteroatoms. The molecule has 1 saturated carbocycles. The molecular formula is C46H55FN6O6. The number of anilines is 2. The lowest BCUT2D eigenvalue weighted by Gasteiger charge is -2.63. The second-order valence-corrected chi connectivity index (χ2v) is 17.5. The van der Waals surface area contributed by atoms with E-state index in [1.54, 1.807) is 6.07 Å². The van der Waals surface area contributed by atoms with Gasteiger partial charge in [0.15, 0.2) is 0 Å². The number of amides is 4. The molecule has 0 radical (unpaired) electrons. The predicted octanol–water partition coefficient (Wildman–Crippen LogP) is 4.60. The van der Waals surface area contributed by atoms with E-state index in [1.165, 1.54) is 12.1 Å². The molecule has 7 rings (SSSR count). The number of hydrogen-bond donors (Lipinski definition) is 3. The Balaban J connectivity index is 0.879. The normalized spacial score (nSPS) is 24.0. The van der Waals surface area contributed by atoms with E-state index in [2.05, 4.69) is 64.3 Å².